The van der Waals surface area contributed by atoms with Gasteiger partial charge in [0.15, 0.2) is 5.71 Å². The molecule has 2 aromatic carbocycles. The number of hydrogen-bond donors (Lipinski definition) is 0. The van der Waals surface area contributed by atoms with Crippen LogP contribution in [0.25, 0.3) is 0 Å². The Hall–Kier alpha value is -2.87. The molecule has 2 aromatic rings. The van der Waals surface area contributed by atoms with Crippen LogP contribution >= 0.6 is 0 Å². The Balaban J connectivity index is 0.00000132. The molecule has 0 saturated heterocycles. The Morgan fingerprint density at radius 3 is 2.03 bits per heavy atom. The molecule has 162 valence electrons. The molecule has 0 N–H and O–H groups in total. The first-order chi connectivity index (χ1) is 14.8. The maximum Gasteiger partial charge on any atom is 0.209 e. The molecule has 2 aliphatic heterocycles. The number of likely N-dealkylation sites (N-methyl/N-ethyl adjacent to an activating group) is 1. The van der Waals surface area contributed by atoms with Gasteiger partial charge >= 0.3 is 0 Å². The lowest BCUT2D eigenvalue weighted by atomic mass is 9.81. The van der Waals surface area contributed by atoms with Crippen molar-refractivity contribution < 1.29 is 4.58 Å². The predicted octanol–water partition coefficient (Wildman–Crippen LogP) is 7.14. The molecule has 0 radical (unpaired) electrons. The second-order valence-corrected chi connectivity index (χ2v) is 9.08. The fourth-order valence-corrected chi connectivity index (χ4v) is 4.96. The zero-order valence-corrected chi connectivity index (χ0v) is 20.4. The van der Waals surface area contributed by atoms with Gasteiger partial charge in [-0.3, -0.25) is 0 Å². The molecule has 0 atom stereocenters. The first-order valence-corrected chi connectivity index (χ1v) is 11.4. The van der Waals surface area contributed by atoms with Crippen LogP contribution in [0, 0.1) is 0 Å². The molecule has 2 heterocycles. The summed E-state index contributed by atoms with van der Waals surface area (Å²) in [6.45, 7) is 13.2. The highest BCUT2D eigenvalue weighted by Crippen LogP contribution is 2.46. The Bertz CT molecular complexity index is 1080. The fourth-order valence-electron chi connectivity index (χ4n) is 4.96. The topological polar surface area (TPSA) is 6.25 Å². The minimum absolute atomic E-state index is 0.0173. The van der Waals surface area contributed by atoms with Gasteiger partial charge in [0.1, 0.15) is 7.05 Å². The van der Waals surface area contributed by atoms with Gasteiger partial charge in [-0.1, -0.05) is 82.3 Å². The lowest BCUT2D eigenvalue weighted by molar-refractivity contribution is -0.401. The van der Waals surface area contributed by atoms with Crippen molar-refractivity contribution in [1.82, 2.24) is 0 Å². The lowest BCUT2D eigenvalue weighted by Gasteiger charge is -2.23. The molecule has 2 aliphatic rings. The van der Waals surface area contributed by atoms with Crippen molar-refractivity contribution in [2.24, 2.45) is 0 Å². The number of rotatable bonds is 3. The second kappa shape index (κ2) is 8.70. The summed E-state index contributed by atoms with van der Waals surface area (Å²) in [7, 11) is 4.32. The number of fused-ring (bicyclic) bond motifs is 2. The molecule has 31 heavy (non-hydrogen) atoms. The molecule has 0 fully saturated rings. The quantitative estimate of drug-likeness (QED) is 0.383. The molecule has 2 nitrogen and oxygen atoms in total. The number of nitrogens with zero attached hydrogens (tertiary/aromatic N) is 2. The summed E-state index contributed by atoms with van der Waals surface area (Å²) in [5.74, 6) is 0. The summed E-state index contributed by atoms with van der Waals surface area (Å²) in [6.07, 6.45) is 10.9. The van der Waals surface area contributed by atoms with E-state index in [-0.39, 0.29) is 10.8 Å². The lowest BCUT2D eigenvalue weighted by Crippen LogP contribution is -2.26. The largest absolute Gasteiger partial charge is 0.347 e. The van der Waals surface area contributed by atoms with Gasteiger partial charge in [0.25, 0.3) is 0 Å². The van der Waals surface area contributed by atoms with E-state index in [4.69, 9.17) is 0 Å². The third-order valence-electron chi connectivity index (χ3n) is 6.61. The van der Waals surface area contributed by atoms with Crippen molar-refractivity contribution in [3.8, 4) is 0 Å². The van der Waals surface area contributed by atoms with Crippen LogP contribution in [0.15, 0.2) is 84.6 Å². The SMILES string of the molecule is CC.CN1/C(=C/C=C/C=C/C2=[N+](C)c3ccccc3C2(C)C)C(C)(C)c2ccccc21. The third-order valence-corrected chi connectivity index (χ3v) is 6.61. The summed E-state index contributed by atoms with van der Waals surface area (Å²) in [4.78, 5) is 2.31. The zero-order valence-electron chi connectivity index (χ0n) is 20.4. The van der Waals surface area contributed by atoms with E-state index in [1.54, 1.807) is 0 Å². The molecule has 0 spiro atoms. The van der Waals surface area contributed by atoms with Crippen LogP contribution < -0.4 is 4.90 Å². The molecule has 0 bridgehead atoms. The van der Waals surface area contributed by atoms with Crippen molar-refractivity contribution in [2.75, 3.05) is 19.0 Å². The Kier molecular flexibility index (Phi) is 6.40. The molecule has 0 unspecified atom stereocenters. The molecule has 2 heteroatoms. The van der Waals surface area contributed by atoms with E-state index in [1.807, 2.05) is 13.8 Å². The molecule has 0 aromatic heterocycles. The average Bonchev–Trinajstić information content (AvgIpc) is 3.09. The molecule has 0 amide bonds. The third kappa shape index (κ3) is 3.80. The van der Waals surface area contributed by atoms with E-state index in [2.05, 4.69) is 130 Å². The predicted molar refractivity (Wildman–Crippen MR) is 136 cm³/mol. The van der Waals surface area contributed by atoms with Gasteiger partial charge in [0.05, 0.1) is 5.41 Å². The van der Waals surface area contributed by atoms with Gasteiger partial charge in [0, 0.05) is 41.6 Å². The zero-order chi connectivity index (χ0) is 22.8. The van der Waals surface area contributed by atoms with Crippen LogP contribution in [0.5, 0.6) is 0 Å². The van der Waals surface area contributed by atoms with Crippen molar-refractivity contribution in [3.63, 3.8) is 0 Å². The van der Waals surface area contributed by atoms with E-state index in [1.165, 1.54) is 33.9 Å². The summed E-state index contributed by atoms with van der Waals surface area (Å²) in [5.41, 5.74) is 8.06. The summed E-state index contributed by atoms with van der Waals surface area (Å²) in [6, 6.07) is 17.4. The van der Waals surface area contributed by atoms with Crippen molar-refractivity contribution in [2.45, 2.75) is 52.4 Å². The maximum absolute atomic E-state index is 2.31. The average molecular weight is 414 g/mol. The summed E-state index contributed by atoms with van der Waals surface area (Å²) < 4.78 is 2.31. The number of anilines is 1. The van der Waals surface area contributed by atoms with Crippen LogP contribution in [-0.4, -0.2) is 24.4 Å². The van der Waals surface area contributed by atoms with E-state index in [9.17, 15) is 0 Å². The van der Waals surface area contributed by atoms with Gasteiger partial charge < -0.3 is 4.90 Å². The standard InChI is InChI=1S/C27H31N2.C2H6/c1-26(2)20-14-10-12-16-22(20)28(5)24(26)18-8-7-9-19-25-27(3,4)21-15-11-13-17-23(21)29(25)6;1-2/h7-19H,1-6H3;1-2H3/q+1;. The van der Waals surface area contributed by atoms with Crippen LogP contribution in [-0.2, 0) is 10.8 Å². The van der Waals surface area contributed by atoms with Gasteiger partial charge in [-0.25, -0.2) is 0 Å². The summed E-state index contributed by atoms with van der Waals surface area (Å²) in [5, 5.41) is 0. The monoisotopic (exact) mass is 413 g/mol. The van der Waals surface area contributed by atoms with Gasteiger partial charge in [-0.2, -0.15) is 4.58 Å². The molecular formula is C29H37N2+. The van der Waals surface area contributed by atoms with Gasteiger partial charge in [-0.05, 0) is 31.6 Å². The van der Waals surface area contributed by atoms with Gasteiger partial charge in [-0.15, -0.1) is 0 Å². The van der Waals surface area contributed by atoms with Crippen LogP contribution in [0.3, 0.4) is 0 Å². The maximum atomic E-state index is 2.31. The van der Waals surface area contributed by atoms with E-state index >= 15 is 0 Å². The first-order valence-electron chi connectivity index (χ1n) is 11.4. The first kappa shape index (κ1) is 22.8. The molecule has 0 saturated carbocycles. The van der Waals surface area contributed by atoms with Gasteiger partial charge in [0.2, 0.25) is 5.69 Å². The highest BCUT2D eigenvalue weighted by molar-refractivity contribution is 6.03. The molecule has 4 rings (SSSR count). The van der Waals surface area contributed by atoms with Crippen LogP contribution in [0.2, 0.25) is 0 Å². The summed E-state index contributed by atoms with van der Waals surface area (Å²) >= 11 is 0. The van der Waals surface area contributed by atoms with Crippen molar-refractivity contribution >= 4 is 17.1 Å². The van der Waals surface area contributed by atoms with Crippen LogP contribution in [0.4, 0.5) is 11.4 Å². The fraction of sp³-hybridized carbons (Fsp3) is 0.345. The second-order valence-electron chi connectivity index (χ2n) is 9.08. The minimum Gasteiger partial charge on any atom is -0.347 e. The highest BCUT2D eigenvalue weighted by Gasteiger charge is 2.42. The normalized spacial score (nSPS) is 19.7. The smallest absolute Gasteiger partial charge is 0.209 e. The number of hydrogen-bond acceptors (Lipinski definition) is 1. The molecular weight excluding hydrogens is 376 g/mol. The number of allylic oxidation sites excluding steroid dienone is 6. The van der Waals surface area contributed by atoms with Crippen molar-refractivity contribution in [3.05, 3.63) is 95.7 Å². The van der Waals surface area contributed by atoms with E-state index in [0.717, 1.165) is 0 Å². The van der Waals surface area contributed by atoms with Crippen molar-refractivity contribution in [1.29, 1.82) is 0 Å². The Morgan fingerprint density at radius 2 is 1.39 bits per heavy atom. The number of benzene rings is 2. The highest BCUT2D eigenvalue weighted by atomic mass is 15.2. The molecule has 0 aliphatic carbocycles. The Labute approximate surface area is 188 Å². The van der Waals surface area contributed by atoms with E-state index in [0.29, 0.717) is 0 Å². The number of para-hydroxylation sites is 2. The minimum atomic E-state index is 0.0173. The Morgan fingerprint density at radius 1 is 0.774 bits per heavy atom. The van der Waals surface area contributed by atoms with Crippen LogP contribution in [0.1, 0.15) is 52.7 Å². The van der Waals surface area contributed by atoms with E-state index < -0.39 is 0 Å².